The van der Waals surface area contributed by atoms with Gasteiger partial charge in [-0.2, -0.15) is 0 Å². The maximum Gasteiger partial charge on any atom is 0.252 e. The first-order valence-electron chi connectivity index (χ1n) is 9.62. The molecule has 0 saturated carbocycles. The Balaban J connectivity index is 1.51. The molecule has 2 amide bonds. The number of hydrogen-bond acceptors (Lipinski definition) is 7. The zero-order valence-electron chi connectivity index (χ0n) is 16.5. The van der Waals surface area contributed by atoms with Crippen LogP contribution >= 0.6 is 0 Å². The predicted octanol–water partition coefficient (Wildman–Crippen LogP) is 2.11. The van der Waals surface area contributed by atoms with E-state index < -0.39 is 6.04 Å². The van der Waals surface area contributed by atoms with E-state index in [4.69, 9.17) is 4.52 Å². The first-order valence-corrected chi connectivity index (χ1v) is 9.62. The Morgan fingerprint density at radius 3 is 2.73 bits per heavy atom. The third-order valence-electron chi connectivity index (χ3n) is 4.70. The number of pyridine rings is 1. The number of amides is 2. The van der Waals surface area contributed by atoms with Gasteiger partial charge in [-0.15, -0.1) is 0 Å². The molecule has 1 unspecified atom stereocenters. The van der Waals surface area contributed by atoms with E-state index in [0.29, 0.717) is 36.2 Å². The number of nitrogens with one attached hydrogen (secondary N) is 3. The third kappa shape index (κ3) is 4.57. The largest absolute Gasteiger partial charge is 0.369 e. The van der Waals surface area contributed by atoms with E-state index in [0.717, 1.165) is 5.56 Å². The van der Waals surface area contributed by atoms with Gasteiger partial charge in [0.05, 0.1) is 18.4 Å². The van der Waals surface area contributed by atoms with Crippen molar-refractivity contribution in [3.05, 3.63) is 66.1 Å². The fourth-order valence-electron chi connectivity index (χ4n) is 3.23. The Bertz CT molecular complexity index is 1020. The highest BCUT2D eigenvalue weighted by molar-refractivity contribution is 5.96. The van der Waals surface area contributed by atoms with Gasteiger partial charge in [0.25, 0.3) is 5.91 Å². The highest BCUT2D eigenvalue weighted by Gasteiger charge is 2.22. The van der Waals surface area contributed by atoms with Crippen molar-refractivity contribution in [3.63, 3.8) is 0 Å². The molecule has 1 saturated heterocycles. The van der Waals surface area contributed by atoms with E-state index >= 15 is 0 Å². The normalized spacial score (nSPS) is 14.7. The van der Waals surface area contributed by atoms with Gasteiger partial charge in [0.2, 0.25) is 5.91 Å². The Labute approximate surface area is 173 Å². The molecule has 0 bridgehead atoms. The quantitative estimate of drug-likeness (QED) is 0.575. The molecule has 1 aromatic carbocycles. The smallest absolute Gasteiger partial charge is 0.252 e. The molecule has 0 spiro atoms. The minimum atomic E-state index is -0.656. The van der Waals surface area contributed by atoms with Gasteiger partial charge in [-0.05, 0) is 24.6 Å². The van der Waals surface area contributed by atoms with Crippen molar-refractivity contribution < 1.29 is 14.1 Å². The topological polar surface area (TPSA) is 112 Å². The predicted molar refractivity (Wildman–Crippen MR) is 112 cm³/mol. The van der Waals surface area contributed by atoms with Gasteiger partial charge in [0.1, 0.15) is 17.6 Å². The van der Waals surface area contributed by atoms with E-state index in [1.54, 1.807) is 19.2 Å². The van der Waals surface area contributed by atoms with Gasteiger partial charge in [0.15, 0.2) is 5.82 Å². The minimum Gasteiger partial charge on any atom is -0.369 e. The van der Waals surface area contributed by atoms with Crippen LogP contribution in [0.2, 0.25) is 0 Å². The van der Waals surface area contributed by atoms with Gasteiger partial charge in [0, 0.05) is 19.2 Å². The lowest BCUT2D eigenvalue weighted by atomic mass is 10.1. The molecule has 4 rings (SSSR count). The molecule has 1 aliphatic rings. The van der Waals surface area contributed by atoms with Crippen LogP contribution in [0.1, 0.15) is 17.4 Å². The molecule has 9 nitrogen and oxygen atoms in total. The van der Waals surface area contributed by atoms with Gasteiger partial charge < -0.3 is 25.4 Å². The summed E-state index contributed by atoms with van der Waals surface area (Å²) in [6, 6.07) is 14.1. The van der Waals surface area contributed by atoms with Gasteiger partial charge in [-0.25, -0.2) is 4.98 Å². The number of rotatable bonds is 6. The summed E-state index contributed by atoms with van der Waals surface area (Å²) in [6.45, 7) is 3.34. The average Bonchev–Trinajstić information content (AvgIpc) is 3.17. The van der Waals surface area contributed by atoms with Crippen molar-refractivity contribution in [2.75, 3.05) is 35.2 Å². The van der Waals surface area contributed by atoms with Gasteiger partial charge >= 0.3 is 0 Å². The van der Waals surface area contributed by atoms with Gasteiger partial charge in [-0.3, -0.25) is 9.59 Å². The second-order valence-corrected chi connectivity index (χ2v) is 6.98. The Morgan fingerprint density at radius 1 is 1.23 bits per heavy atom. The molecule has 154 valence electrons. The number of aromatic nitrogens is 2. The van der Waals surface area contributed by atoms with E-state index in [9.17, 15) is 9.59 Å². The lowest BCUT2D eigenvalue weighted by Crippen LogP contribution is -2.48. The monoisotopic (exact) mass is 406 g/mol. The van der Waals surface area contributed by atoms with Crippen molar-refractivity contribution in [1.29, 1.82) is 0 Å². The van der Waals surface area contributed by atoms with Crippen LogP contribution in [0, 0.1) is 6.92 Å². The Morgan fingerprint density at radius 2 is 2.07 bits per heavy atom. The van der Waals surface area contributed by atoms with Crippen molar-refractivity contribution in [2.45, 2.75) is 13.0 Å². The Hall–Kier alpha value is -3.88. The van der Waals surface area contributed by atoms with E-state index in [1.165, 1.54) is 0 Å². The molecule has 3 aromatic rings. The summed E-state index contributed by atoms with van der Waals surface area (Å²) in [4.78, 5) is 30.9. The van der Waals surface area contributed by atoms with Crippen molar-refractivity contribution in [3.8, 4) is 0 Å². The number of anilines is 3. The first-order chi connectivity index (χ1) is 14.6. The van der Waals surface area contributed by atoms with Crippen molar-refractivity contribution in [1.82, 2.24) is 15.5 Å². The van der Waals surface area contributed by atoms with Crippen LogP contribution in [0.5, 0.6) is 0 Å². The molecule has 3 heterocycles. The SMILES string of the molecule is Cc1cc(NC(=O)C(Nc2ccc(N3CCNC(=O)C3)nc2)c2ccccc2)no1. The number of aryl methyl sites for hydroxylation is 1. The molecule has 1 atom stereocenters. The highest BCUT2D eigenvalue weighted by atomic mass is 16.5. The van der Waals surface area contributed by atoms with Crippen LogP contribution in [0.3, 0.4) is 0 Å². The molecule has 0 radical (unpaired) electrons. The Kier molecular flexibility index (Phi) is 5.60. The maximum atomic E-state index is 12.9. The van der Waals surface area contributed by atoms with Crippen LogP contribution in [0.15, 0.2) is 59.3 Å². The molecule has 1 aliphatic heterocycles. The first kappa shape index (κ1) is 19.4. The molecular weight excluding hydrogens is 384 g/mol. The summed E-state index contributed by atoms with van der Waals surface area (Å²) in [5.74, 6) is 1.40. The fraction of sp³-hybridized carbons (Fsp3) is 0.238. The highest BCUT2D eigenvalue weighted by Crippen LogP contribution is 2.23. The fourth-order valence-corrected chi connectivity index (χ4v) is 3.23. The number of benzene rings is 1. The van der Waals surface area contributed by atoms with Crippen LogP contribution in [0.4, 0.5) is 17.3 Å². The van der Waals surface area contributed by atoms with Gasteiger partial charge in [-0.1, -0.05) is 35.5 Å². The molecule has 30 heavy (non-hydrogen) atoms. The van der Waals surface area contributed by atoms with E-state index in [2.05, 4.69) is 26.1 Å². The number of nitrogens with zero attached hydrogens (tertiary/aromatic N) is 3. The summed E-state index contributed by atoms with van der Waals surface area (Å²) in [6.07, 6.45) is 1.66. The molecule has 9 heteroatoms. The number of carbonyl (C=O) groups excluding carboxylic acids is 2. The van der Waals surface area contributed by atoms with Crippen molar-refractivity contribution >= 4 is 29.1 Å². The number of carbonyl (C=O) groups is 2. The zero-order chi connectivity index (χ0) is 20.9. The standard InChI is InChI=1S/C21H22N6O3/c1-14-11-17(26-30-14)25-21(29)20(15-5-3-2-4-6-15)24-16-7-8-18(23-12-16)27-10-9-22-19(28)13-27/h2-8,11-12,20,24H,9-10,13H2,1H3,(H,22,28)(H,25,26,29). The summed E-state index contributed by atoms with van der Waals surface area (Å²) < 4.78 is 5.02. The van der Waals surface area contributed by atoms with E-state index in [-0.39, 0.29) is 18.4 Å². The summed E-state index contributed by atoms with van der Waals surface area (Å²) in [5.41, 5.74) is 1.48. The average molecular weight is 406 g/mol. The summed E-state index contributed by atoms with van der Waals surface area (Å²) in [7, 11) is 0. The second-order valence-electron chi connectivity index (χ2n) is 6.98. The van der Waals surface area contributed by atoms with Crippen LogP contribution in [-0.2, 0) is 9.59 Å². The lowest BCUT2D eigenvalue weighted by molar-refractivity contribution is -0.120. The number of hydrogen-bond donors (Lipinski definition) is 3. The summed E-state index contributed by atoms with van der Waals surface area (Å²) in [5, 5.41) is 12.6. The van der Waals surface area contributed by atoms with Crippen molar-refractivity contribution in [2.24, 2.45) is 0 Å². The minimum absolute atomic E-state index is 0.0193. The number of piperazine rings is 1. The van der Waals surface area contributed by atoms with Crippen LogP contribution in [0.25, 0.3) is 0 Å². The molecule has 1 fully saturated rings. The van der Waals surface area contributed by atoms with E-state index in [1.807, 2.05) is 47.4 Å². The lowest BCUT2D eigenvalue weighted by Gasteiger charge is -2.27. The van der Waals surface area contributed by atoms with Crippen LogP contribution in [-0.4, -0.2) is 41.6 Å². The molecule has 3 N–H and O–H groups in total. The van der Waals surface area contributed by atoms with Crippen LogP contribution < -0.4 is 20.9 Å². The third-order valence-corrected chi connectivity index (χ3v) is 4.70. The molecular formula is C21H22N6O3. The maximum absolute atomic E-state index is 12.9. The summed E-state index contributed by atoms with van der Waals surface area (Å²) >= 11 is 0. The zero-order valence-corrected chi connectivity index (χ0v) is 16.5. The molecule has 0 aliphatic carbocycles. The second kappa shape index (κ2) is 8.64. The molecule has 2 aromatic heterocycles.